The summed E-state index contributed by atoms with van der Waals surface area (Å²) in [5.41, 5.74) is 4.49. The van der Waals surface area contributed by atoms with Gasteiger partial charge >= 0.3 is 0 Å². The predicted octanol–water partition coefficient (Wildman–Crippen LogP) is 4.68. The van der Waals surface area contributed by atoms with Crippen molar-refractivity contribution >= 4 is 11.6 Å². The molecule has 2 aromatic rings. The number of aromatic nitrogens is 2. The van der Waals surface area contributed by atoms with Gasteiger partial charge in [0.15, 0.2) is 0 Å². The van der Waals surface area contributed by atoms with Crippen LogP contribution in [0, 0.1) is 13.8 Å². The van der Waals surface area contributed by atoms with Crippen LogP contribution in [0.15, 0.2) is 24.3 Å². The van der Waals surface area contributed by atoms with Crippen molar-refractivity contribution in [2.45, 2.75) is 39.0 Å². The van der Waals surface area contributed by atoms with Crippen molar-refractivity contribution < 1.29 is 0 Å². The second-order valence-electron chi connectivity index (χ2n) is 5.29. The summed E-state index contributed by atoms with van der Waals surface area (Å²) in [5, 5.41) is 0.552. The van der Waals surface area contributed by atoms with Crippen LogP contribution in [0.3, 0.4) is 0 Å². The van der Waals surface area contributed by atoms with Crippen LogP contribution in [0.4, 0.5) is 0 Å². The molecule has 1 fully saturated rings. The average Bonchev–Trinajstić information content (AvgIpc) is 2.32. The summed E-state index contributed by atoms with van der Waals surface area (Å²) in [5.74, 6) is 1.46. The molecule has 3 rings (SSSR count). The second kappa shape index (κ2) is 4.93. The molecule has 0 bridgehead atoms. The molecule has 19 heavy (non-hydrogen) atoms. The van der Waals surface area contributed by atoms with Crippen molar-refractivity contribution in [3.63, 3.8) is 0 Å². The highest BCUT2D eigenvalue weighted by Crippen LogP contribution is 2.38. The first-order valence-electron chi connectivity index (χ1n) is 6.76. The summed E-state index contributed by atoms with van der Waals surface area (Å²) in [6, 6.07) is 8.70. The van der Waals surface area contributed by atoms with Crippen LogP contribution < -0.4 is 0 Å². The lowest BCUT2D eigenvalue weighted by atomic mass is 9.79. The van der Waals surface area contributed by atoms with Gasteiger partial charge in [0.2, 0.25) is 0 Å². The Labute approximate surface area is 118 Å². The fraction of sp³-hybridized carbons (Fsp3) is 0.375. The second-order valence-corrected chi connectivity index (χ2v) is 5.65. The Hall–Kier alpha value is -1.41. The van der Waals surface area contributed by atoms with Crippen LogP contribution in [0.25, 0.3) is 11.3 Å². The minimum Gasteiger partial charge on any atom is -0.233 e. The molecule has 1 heterocycles. The first-order valence-corrected chi connectivity index (χ1v) is 7.14. The zero-order valence-electron chi connectivity index (χ0n) is 11.3. The van der Waals surface area contributed by atoms with Gasteiger partial charge in [-0.05, 0) is 44.2 Å². The molecular formula is C16H17ClN2. The van der Waals surface area contributed by atoms with Crippen LogP contribution in [0.2, 0.25) is 5.15 Å². The summed E-state index contributed by atoms with van der Waals surface area (Å²) >= 11 is 6.16. The Morgan fingerprint density at radius 1 is 1.16 bits per heavy atom. The van der Waals surface area contributed by atoms with Gasteiger partial charge in [-0.25, -0.2) is 9.97 Å². The molecule has 0 unspecified atom stereocenters. The van der Waals surface area contributed by atoms with Crippen LogP contribution in [0.5, 0.6) is 0 Å². The third kappa shape index (κ3) is 2.37. The summed E-state index contributed by atoms with van der Waals surface area (Å²) in [7, 11) is 0. The van der Waals surface area contributed by atoms with Gasteiger partial charge in [-0.2, -0.15) is 0 Å². The van der Waals surface area contributed by atoms with Crippen molar-refractivity contribution in [2.24, 2.45) is 0 Å². The predicted molar refractivity (Wildman–Crippen MR) is 78.5 cm³/mol. The molecule has 98 valence electrons. The standard InChI is InChI=1S/C16H17ClN2/c1-10-15(18-11(2)19-16(10)17)14-8-4-7-13(9-14)12-5-3-6-12/h4,7-9,12H,3,5-6H2,1-2H3. The van der Waals surface area contributed by atoms with Gasteiger partial charge in [-0.1, -0.05) is 36.2 Å². The normalized spacial score (nSPS) is 15.3. The fourth-order valence-electron chi connectivity index (χ4n) is 2.56. The summed E-state index contributed by atoms with van der Waals surface area (Å²) < 4.78 is 0. The molecule has 3 heteroatoms. The highest BCUT2D eigenvalue weighted by molar-refractivity contribution is 6.30. The summed E-state index contributed by atoms with van der Waals surface area (Å²) in [6.45, 7) is 3.86. The SMILES string of the molecule is Cc1nc(Cl)c(C)c(-c2cccc(C3CCC3)c2)n1. The van der Waals surface area contributed by atoms with Crippen molar-refractivity contribution in [1.82, 2.24) is 9.97 Å². The lowest BCUT2D eigenvalue weighted by Gasteiger charge is -2.26. The van der Waals surface area contributed by atoms with Gasteiger partial charge in [-0.15, -0.1) is 0 Å². The first kappa shape index (κ1) is 12.6. The Balaban J connectivity index is 2.06. The first-order chi connectivity index (χ1) is 9.15. The lowest BCUT2D eigenvalue weighted by molar-refractivity contribution is 0.420. The Kier molecular flexibility index (Phi) is 3.28. The van der Waals surface area contributed by atoms with E-state index in [2.05, 4.69) is 34.2 Å². The van der Waals surface area contributed by atoms with Crippen LogP contribution >= 0.6 is 11.6 Å². The van der Waals surface area contributed by atoms with Gasteiger partial charge in [0.25, 0.3) is 0 Å². The van der Waals surface area contributed by atoms with Gasteiger partial charge in [-0.3, -0.25) is 0 Å². The van der Waals surface area contributed by atoms with E-state index >= 15 is 0 Å². The number of nitrogens with zero attached hydrogens (tertiary/aromatic N) is 2. The van der Waals surface area contributed by atoms with E-state index < -0.39 is 0 Å². The number of aryl methyl sites for hydroxylation is 1. The van der Waals surface area contributed by atoms with Gasteiger partial charge < -0.3 is 0 Å². The van der Waals surface area contributed by atoms with Crippen molar-refractivity contribution in [3.05, 3.63) is 46.4 Å². The Bertz CT molecular complexity index is 618. The number of rotatable bonds is 2. The Morgan fingerprint density at radius 2 is 1.95 bits per heavy atom. The van der Waals surface area contributed by atoms with Crippen LogP contribution in [-0.2, 0) is 0 Å². The molecule has 1 saturated carbocycles. The largest absolute Gasteiger partial charge is 0.233 e. The van der Waals surface area contributed by atoms with E-state index in [0.717, 1.165) is 28.6 Å². The number of halogens is 1. The number of hydrogen-bond acceptors (Lipinski definition) is 2. The summed E-state index contributed by atoms with van der Waals surface area (Å²) in [6.07, 6.45) is 3.98. The molecule has 1 aromatic heterocycles. The van der Waals surface area contributed by atoms with Crippen molar-refractivity contribution in [1.29, 1.82) is 0 Å². The molecular weight excluding hydrogens is 256 g/mol. The molecule has 0 aliphatic heterocycles. The van der Waals surface area contributed by atoms with E-state index in [0.29, 0.717) is 5.15 Å². The topological polar surface area (TPSA) is 25.8 Å². The highest BCUT2D eigenvalue weighted by Gasteiger charge is 2.20. The Morgan fingerprint density at radius 3 is 2.63 bits per heavy atom. The van der Waals surface area contributed by atoms with Crippen LogP contribution in [-0.4, -0.2) is 9.97 Å². The molecule has 2 nitrogen and oxygen atoms in total. The molecule has 0 spiro atoms. The maximum atomic E-state index is 6.16. The molecule has 0 N–H and O–H groups in total. The monoisotopic (exact) mass is 272 g/mol. The zero-order chi connectivity index (χ0) is 13.4. The maximum Gasteiger partial charge on any atom is 0.136 e. The van der Waals surface area contributed by atoms with Gasteiger partial charge in [0, 0.05) is 11.1 Å². The molecule has 1 aliphatic carbocycles. The van der Waals surface area contributed by atoms with E-state index in [1.807, 2.05) is 13.8 Å². The van der Waals surface area contributed by atoms with E-state index in [1.165, 1.54) is 24.8 Å². The minimum absolute atomic E-state index is 0.552. The molecule has 0 atom stereocenters. The third-order valence-electron chi connectivity index (χ3n) is 3.93. The van der Waals surface area contributed by atoms with Gasteiger partial charge in [0.05, 0.1) is 5.69 Å². The molecule has 1 aromatic carbocycles. The molecule has 0 amide bonds. The van der Waals surface area contributed by atoms with Gasteiger partial charge in [0.1, 0.15) is 11.0 Å². The summed E-state index contributed by atoms with van der Waals surface area (Å²) in [4.78, 5) is 8.75. The van der Waals surface area contributed by atoms with E-state index in [9.17, 15) is 0 Å². The average molecular weight is 273 g/mol. The van der Waals surface area contributed by atoms with E-state index in [-0.39, 0.29) is 0 Å². The third-order valence-corrected chi connectivity index (χ3v) is 4.30. The lowest BCUT2D eigenvalue weighted by Crippen LogP contribution is -2.08. The number of hydrogen-bond donors (Lipinski definition) is 0. The number of benzene rings is 1. The molecule has 0 radical (unpaired) electrons. The minimum atomic E-state index is 0.552. The van der Waals surface area contributed by atoms with Crippen molar-refractivity contribution in [2.75, 3.05) is 0 Å². The molecule has 0 saturated heterocycles. The zero-order valence-corrected chi connectivity index (χ0v) is 12.0. The quantitative estimate of drug-likeness (QED) is 0.742. The highest BCUT2D eigenvalue weighted by atomic mass is 35.5. The van der Waals surface area contributed by atoms with E-state index in [1.54, 1.807) is 0 Å². The maximum absolute atomic E-state index is 6.16. The van der Waals surface area contributed by atoms with Crippen molar-refractivity contribution in [3.8, 4) is 11.3 Å². The van der Waals surface area contributed by atoms with Crippen LogP contribution in [0.1, 0.15) is 42.1 Å². The smallest absolute Gasteiger partial charge is 0.136 e. The van der Waals surface area contributed by atoms with E-state index in [4.69, 9.17) is 11.6 Å². The fourth-order valence-corrected chi connectivity index (χ4v) is 2.77. The molecule has 1 aliphatic rings.